The number of aliphatic hydroxyl groups excluding tert-OH is 1. The maximum atomic E-state index is 15.0. The molecule has 43 heavy (non-hydrogen) atoms. The zero-order chi connectivity index (χ0) is 30.5. The Kier molecular flexibility index (Phi) is 10.5. The Morgan fingerprint density at radius 1 is 1.09 bits per heavy atom. The molecule has 0 unspecified atom stereocenters. The number of piperazine rings is 1. The average Bonchev–Trinajstić information content (AvgIpc) is 3.03. The number of hydrogen-bond acceptors (Lipinski definition) is 10. The molecule has 2 aromatic rings. The molecular formula is C29H41ClF2N8O3. The van der Waals surface area contributed by atoms with Crippen LogP contribution < -0.4 is 20.9 Å². The van der Waals surface area contributed by atoms with Crippen LogP contribution in [0.4, 0.5) is 26.1 Å². The summed E-state index contributed by atoms with van der Waals surface area (Å²) in [5, 5.41) is 11.6. The van der Waals surface area contributed by atoms with Gasteiger partial charge in [-0.2, -0.15) is 0 Å². The normalized spacial score (nSPS) is 20.9. The number of aliphatic hydroxyl groups is 1. The first-order valence-electron chi connectivity index (χ1n) is 15.0. The largest absolute Gasteiger partial charge is 0.395 e. The number of carbonyl (C=O) groups excluding carboxylic acids is 1. The smallest absolute Gasteiger partial charge is 0.273 e. The van der Waals surface area contributed by atoms with Gasteiger partial charge in [-0.05, 0) is 38.4 Å². The van der Waals surface area contributed by atoms with Crippen molar-refractivity contribution in [2.24, 2.45) is 0 Å². The van der Waals surface area contributed by atoms with Crippen LogP contribution in [0, 0.1) is 11.6 Å². The molecule has 0 spiro atoms. The highest BCUT2D eigenvalue weighted by atomic mass is 35.5. The van der Waals surface area contributed by atoms with Gasteiger partial charge in [0.2, 0.25) is 0 Å². The lowest BCUT2D eigenvalue weighted by molar-refractivity contribution is 0.0607. The molecule has 0 radical (unpaired) electrons. The molecule has 14 heteroatoms. The molecule has 1 aromatic heterocycles. The van der Waals surface area contributed by atoms with Gasteiger partial charge in [-0.3, -0.25) is 14.6 Å². The van der Waals surface area contributed by atoms with Crippen molar-refractivity contribution >= 4 is 34.8 Å². The fourth-order valence-corrected chi connectivity index (χ4v) is 6.59. The Balaban J connectivity index is 1.17. The van der Waals surface area contributed by atoms with Crippen molar-refractivity contribution in [3.63, 3.8) is 0 Å². The van der Waals surface area contributed by atoms with Crippen LogP contribution in [0.3, 0.4) is 0 Å². The zero-order valence-electron chi connectivity index (χ0n) is 24.6. The summed E-state index contributed by atoms with van der Waals surface area (Å²) in [6.45, 7) is 8.37. The van der Waals surface area contributed by atoms with E-state index in [1.54, 1.807) is 12.1 Å². The van der Waals surface area contributed by atoms with E-state index in [0.717, 1.165) is 38.9 Å². The number of anilines is 3. The minimum atomic E-state index is -0.774. The topological polar surface area (TPSA) is 123 Å². The second-order valence-corrected chi connectivity index (χ2v) is 11.6. The maximum absolute atomic E-state index is 15.0. The number of piperidine rings is 1. The van der Waals surface area contributed by atoms with Crippen LogP contribution in [0.25, 0.3) is 0 Å². The first-order valence-corrected chi connectivity index (χ1v) is 15.4. The molecule has 3 aliphatic heterocycles. The van der Waals surface area contributed by atoms with Crippen LogP contribution in [0.2, 0.25) is 5.15 Å². The molecule has 1 amide bonds. The van der Waals surface area contributed by atoms with Gasteiger partial charge < -0.3 is 30.7 Å². The summed E-state index contributed by atoms with van der Waals surface area (Å²) in [6.07, 6.45) is 2.81. The summed E-state index contributed by atoms with van der Waals surface area (Å²) in [7, 11) is 0. The van der Waals surface area contributed by atoms with Gasteiger partial charge in [-0.15, -0.1) is 0 Å². The van der Waals surface area contributed by atoms with E-state index in [4.69, 9.17) is 27.2 Å². The van der Waals surface area contributed by atoms with Crippen LogP contribution in [0.1, 0.15) is 42.2 Å². The Labute approximate surface area is 255 Å². The number of rotatable bonds is 9. The van der Waals surface area contributed by atoms with Crippen LogP contribution in [0.5, 0.6) is 0 Å². The van der Waals surface area contributed by atoms with E-state index in [2.05, 4.69) is 36.9 Å². The minimum Gasteiger partial charge on any atom is -0.395 e. The molecular weight excluding hydrogens is 582 g/mol. The number of nitrogens with zero attached hydrogens (tertiary/aromatic N) is 6. The highest BCUT2D eigenvalue weighted by molar-refractivity contribution is 6.32. The fourth-order valence-electron chi connectivity index (χ4n) is 6.35. The van der Waals surface area contributed by atoms with Gasteiger partial charge in [0.25, 0.3) is 5.91 Å². The molecule has 11 nitrogen and oxygen atoms in total. The van der Waals surface area contributed by atoms with Crippen molar-refractivity contribution in [2.75, 3.05) is 87.7 Å². The van der Waals surface area contributed by atoms with Crippen molar-refractivity contribution in [1.29, 1.82) is 0 Å². The Bertz CT molecular complexity index is 1280. The van der Waals surface area contributed by atoms with Crippen molar-refractivity contribution in [3.8, 4) is 0 Å². The molecule has 0 bridgehead atoms. The summed E-state index contributed by atoms with van der Waals surface area (Å²) in [6, 6.07) is 4.06. The first-order chi connectivity index (χ1) is 20.8. The number of amides is 1. The van der Waals surface area contributed by atoms with Gasteiger partial charge in [0.05, 0.1) is 25.5 Å². The monoisotopic (exact) mass is 622 g/mol. The maximum Gasteiger partial charge on any atom is 0.273 e. The zero-order valence-corrected chi connectivity index (χ0v) is 25.3. The quantitative estimate of drug-likeness (QED) is 0.383. The van der Waals surface area contributed by atoms with Crippen molar-refractivity contribution in [1.82, 2.24) is 25.1 Å². The van der Waals surface area contributed by atoms with E-state index >= 15 is 4.39 Å². The summed E-state index contributed by atoms with van der Waals surface area (Å²) >= 11 is 6.46. The van der Waals surface area contributed by atoms with Gasteiger partial charge in [-0.1, -0.05) is 24.6 Å². The standard InChI is InChI=1S/C29H41ClF2N8O3/c1-2-20-18-39(28-26(30)35-25(27(33)36-28)29(42)34-7-14-41)10-11-40(20)21-5-8-37(9-6-21)17-19-3-4-22(24(32)23(19)31)38-12-15-43-16-13-38/h3-4,20-21,41H,2,5-18H2,1H3,(H2,33,36)(H,34,42)/t20-/m0/s1. The van der Waals surface area contributed by atoms with E-state index in [-0.39, 0.29) is 35.9 Å². The third kappa shape index (κ3) is 7.12. The predicted octanol–water partition coefficient (Wildman–Crippen LogP) is 2.11. The lowest BCUT2D eigenvalue weighted by atomic mass is 9.97. The van der Waals surface area contributed by atoms with E-state index < -0.39 is 17.5 Å². The Morgan fingerprint density at radius 3 is 2.53 bits per heavy atom. The third-order valence-corrected chi connectivity index (χ3v) is 8.94. The lowest BCUT2D eigenvalue weighted by Gasteiger charge is -2.47. The van der Waals surface area contributed by atoms with Crippen LogP contribution in [0.15, 0.2) is 12.1 Å². The average molecular weight is 623 g/mol. The summed E-state index contributed by atoms with van der Waals surface area (Å²) < 4.78 is 35.3. The Morgan fingerprint density at radius 2 is 1.84 bits per heavy atom. The third-order valence-electron chi connectivity index (χ3n) is 8.69. The van der Waals surface area contributed by atoms with Gasteiger partial charge >= 0.3 is 0 Å². The molecule has 0 saturated carbocycles. The highest BCUT2D eigenvalue weighted by Crippen LogP contribution is 2.31. The van der Waals surface area contributed by atoms with Gasteiger partial charge in [0.1, 0.15) is 0 Å². The van der Waals surface area contributed by atoms with E-state index in [1.165, 1.54) is 0 Å². The summed E-state index contributed by atoms with van der Waals surface area (Å²) in [4.78, 5) is 29.6. The van der Waals surface area contributed by atoms with Crippen LogP contribution >= 0.6 is 11.6 Å². The molecule has 236 valence electrons. The van der Waals surface area contributed by atoms with Gasteiger partial charge in [0.15, 0.2) is 34.1 Å². The van der Waals surface area contributed by atoms with Crippen LogP contribution in [-0.2, 0) is 11.3 Å². The molecule has 0 aliphatic carbocycles. The number of likely N-dealkylation sites (tertiary alicyclic amines) is 1. The molecule has 4 N–H and O–H groups in total. The molecule has 4 heterocycles. The number of hydrogen-bond donors (Lipinski definition) is 3. The van der Waals surface area contributed by atoms with Crippen LogP contribution in [-0.4, -0.2) is 115 Å². The molecule has 3 saturated heterocycles. The van der Waals surface area contributed by atoms with Crippen molar-refractivity contribution < 1.29 is 23.4 Å². The number of aromatic nitrogens is 2. The molecule has 1 aromatic carbocycles. The SMILES string of the molecule is CC[C@H]1CN(c2nc(N)c(C(=O)NCCO)nc2Cl)CCN1C1CCN(Cc2ccc(N3CCOCC3)c(F)c2F)CC1. The van der Waals surface area contributed by atoms with E-state index in [9.17, 15) is 9.18 Å². The molecule has 3 fully saturated rings. The first kappa shape index (κ1) is 31.6. The van der Waals surface area contributed by atoms with E-state index in [1.807, 2.05) is 4.90 Å². The Hall–Kier alpha value is -2.84. The molecule has 1 atom stereocenters. The van der Waals surface area contributed by atoms with Crippen molar-refractivity contribution in [2.45, 2.75) is 44.8 Å². The van der Waals surface area contributed by atoms with E-state index in [0.29, 0.717) is 69.0 Å². The number of nitrogens with one attached hydrogen (secondary N) is 1. The summed E-state index contributed by atoms with van der Waals surface area (Å²) in [5.74, 6) is -1.61. The molecule has 3 aliphatic rings. The summed E-state index contributed by atoms with van der Waals surface area (Å²) in [5.41, 5.74) is 6.70. The minimum absolute atomic E-state index is 0.00950. The highest BCUT2D eigenvalue weighted by Gasteiger charge is 2.35. The number of ether oxygens (including phenoxy) is 1. The predicted molar refractivity (Wildman–Crippen MR) is 162 cm³/mol. The number of nitrogen functional groups attached to an aromatic ring is 1. The molecule has 5 rings (SSSR count). The van der Waals surface area contributed by atoms with Gasteiger partial charge in [0, 0.05) is 63.5 Å². The number of morpholine rings is 1. The van der Waals surface area contributed by atoms with Gasteiger partial charge in [-0.25, -0.2) is 18.7 Å². The number of benzene rings is 1. The lowest BCUT2D eigenvalue weighted by Crippen LogP contribution is -2.58. The number of carbonyl (C=O) groups is 1. The number of nitrogens with two attached hydrogens (primary N) is 1. The fraction of sp³-hybridized carbons (Fsp3) is 0.621. The number of halogens is 3. The second-order valence-electron chi connectivity index (χ2n) is 11.3. The van der Waals surface area contributed by atoms with Crippen molar-refractivity contribution in [3.05, 3.63) is 40.2 Å². The second kappa shape index (κ2) is 14.3.